The highest BCUT2D eigenvalue weighted by Crippen LogP contribution is 2.39. The Balaban J connectivity index is 1.60. The van der Waals surface area contributed by atoms with Gasteiger partial charge in [-0.3, -0.25) is 14.8 Å². The van der Waals surface area contributed by atoms with E-state index >= 15 is 0 Å². The summed E-state index contributed by atoms with van der Waals surface area (Å²) < 4.78 is 18.6. The summed E-state index contributed by atoms with van der Waals surface area (Å²) in [5, 5.41) is 20.6. The number of carbonyl (C=O) groups excluding carboxylic acids is 2. The second-order valence-electron chi connectivity index (χ2n) is 10.2. The Morgan fingerprint density at radius 3 is 2.53 bits per heavy atom. The number of pyridine rings is 1. The lowest BCUT2D eigenvalue weighted by molar-refractivity contribution is 0.0634. The van der Waals surface area contributed by atoms with Crippen molar-refractivity contribution in [1.82, 2.24) is 35.3 Å². The van der Waals surface area contributed by atoms with Crippen molar-refractivity contribution in [2.75, 3.05) is 24.8 Å². The minimum atomic E-state index is -0.634. The number of hydrogen-bond donors (Lipinski definition) is 3. The summed E-state index contributed by atoms with van der Waals surface area (Å²) in [6, 6.07) is 10.4. The van der Waals surface area contributed by atoms with Crippen LogP contribution in [0.4, 0.5) is 22.0 Å². The second kappa shape index (κ2) is 13.4. The molecule has 0 saturated carbocycles. The summed E-state index contributed by atoms with van der Waals surface area (Å²) in [6.45, 7) is 5.67. The number of methoxy groups -OCH3 is 1. The molecule has 3 aromatic heterocycles. The van der Waals surface area contributed by atoms with Gasteiger partial charge in [0.2, 0.25) is 0 Å². The Morgan fingerprint density at radius 2 is 1.86 bits per heavy atom. The maximum atomic E-state index is 12.5. The smallest absolute Gasteiger partial charge is 0.413 e. The van der Waals surface area contributed by atoms with Crippen molar-refractivity contribution in [1.29, 1.82) is 0 Å². The molecule has 0 bridgehead atoms. The number of anilines is 3. The second-order valence-corrected chi connectivity index (χ2v) is 10.6. The average molecular weight is 610 g/mol. The summed E-state index contributed by atoms with van der Waals surface area (Å²) in [5.41, 5.74) is 2.13. The molecule has 2 amide bonds. The van der Waals surface area contributed by atoms with Gasteiger partial charge in [-0.05, 0) is 50.6 Å². The Bertz CT molecular complexity index is 1620. The Kier molecular flexibility index (Phi) is 9.73. The first-order valence-corrected chi connectivity index (χ1v) is 13.5. The molecule has 15 heteroatoms. The molecular weight excluding hydrogens is 578 g/mol. The van der Waals surface area contributed by atoms with Gasteiger partial charge in [0.05, 0.1) is 43.0 Å². The van der Waals surface area contributed by atoms with Gasteiger partial charge in [0, 0.05) is 20.2 Å². The lowest BCUT2D eigenvalue weighted by Crippen LogP contribution is -2.27. The fourth-order valence-electron chi connectivity index (χ4n) is 3.92. The highest BCUT2D eigenvalue weighted by molar-refractivity contribution is 6.29. The standard InChI is InChI=1S/C28H32ClN9O5/c1-28(2,3)43-27(40)34-22-9-7-8-17(32-22)14-42-13-16-10-18(25-31-15-38(5)37-25)24(41-6)20(11-16)33-19-12-21(29)35-36-23(19)26(39)30-4/h7-12,15H,13-14H2,1-6H3,(H,30,39)(H,33,35)(H,32,34,40). The van der Waals surface area contributed by atoms with Crippen LogP contribution in [0.5, 0.6) is 5.75 Å². The Hall–Kier alpha value is -4.82. The maximum Gasteiger partial charge on any atom is 0.413 e. The van der Waals surface area contributed by atoms with Gasteiger partial charge in [-0.25, -0.2) is 14.8 Å². The van der Waals surface area contributed by atoms with E-state index in [2.05, 4.69) is 41.2 Å². The van der Waals surface area contributed by atoms with E-state index in [9.17, 15) is 9.59 Å². The monoisotopic (exact) mass is 609 g/mol. The van der Waals surface area contributed by atoms with E-state index < -0.39 is 17.6 Å². The quantitative estimate of drug-likeness (QED) is 0.231. The van der Waals surface area contributed by atoms with Crippen molar-refractivity contribution in [3.63, 3.8) is 0 Å². The molecule has 0 atom stereocenters. The van der Waals surface area contributed by atoms with Crippen LogP contribution in [0.25, 0.3) is 11.4 Å². The molecule has 0 unspecified atom stereocenters. The normalized spacial score (nSPS) is 11.1. The number of nitrogens with one attached hydrogen (secondary N) is 3. The molecule has 1 aromatic carbocycles. The molecule has 0 saturated heterocycles. The zero-order valence-electron chi connectivity index (χ0n) is 24.6. The lowest BCUT2D eigenvalue weighted by Gasteiger charge is -2.19. The maximum absolute atomic E-state index is 12.5. The number of halogens is 1. The van der Waals surface area contributed by atoms with Gasteiger partial charge in [0.25, 0.3) is 5.91 Å². The largest absolute Gasteiger partial charge is 0.494 e. The van der Waals surface area contributed by atoms with Crippen LogP contribution in [-0.2, 0) is 29.7 Å². The molecular formula is C28H32ClN9O5. The van der Waals surface area contributed by atoms with Gasteiger partial charge in [-0.1, -0.05) is 17.7 Å². The number of aromatic nitrogens is 6. The predicted molar refractivity (Wildman–Crippen MR) is 159 cm³/mol. The van der Waals surface area contributed by atoms with Crippen LogP contribution in [0.15, 0.2) is 42.7 Å². The van der Waals surface area contributed by atoms with E-state index in [1.165, 1.54) is 20.2 Å². The number of aryl methyl sites for hydroxylation is 1. The van der Waals surface area contributed by atoms with Crippen LogP contribution in [0.1, 0.15) is 42.5 Å². The topological polar surface area (TPSA) is 167 Å². The van der Waals surface area contributed by atoms with E-state index in [1.807, 2.05) is 6.07 Å². The van der Waals surface area contributed by atoms with Gasteiger partial charge in [0.15, 0.2) is 22.4 Å². The van der Waals surface area contributed by atoms with Gasteiger partial charge in [0.1, 0.15) is 17.7 Å². The SMILES string of the molecule is CNC(=O)c1nnc(Cl)cc1Nc1cc(COCc2cccc(NC(=O)OC(C)(C)C)n2)cc(-c2ncn(C)n2)c1OC. The van der Waals surface area contributed by atoms with Crippen LogP contribution in [0, 0.1) is 0 Å². The fourth-order valence-corrected chi connectivity index (χ4v) is 4.07. The summed E-state index contributed by atoms with van der Waals surface area (Å²) in [6.07, 6.45) is 0.975. The minimum Gasteiger partial charge on any atom is -0.494 e. The molecule has 0 aliphatic heterocycles. The van der Waals surface area contributed by atoms with Crippen molar-refractivity contribution in [2.45, 2.75) is 39.6 Å². The highest BCUT2D eigenvalue weighted by Gasteiger charge is 2.21. The third kappa shape index (κ3) is 8.36. The molecule has 14 nitrogen and oxygen atoms in total. The van der Waals surface area contributed by atoms with Crippen LogP contribution < -0.4 is 20.7 Å². The van der Waals surface area contributed by atoms with Crippen LogP contribution in [0.3, 0.4) is 0 Å². The summed E-state index contributed by atoms with van der Waals surface area (Å²) in [5.74, 6) is 0.733. The lowest BCUT2D eigenvalue weighted by atomic mass is 10.1. The van der Waals surface area contributed by atoms with E-state index in [0.29, 0.717) is 40.0 Å². The number of amides is 2. The highest BCUT2D eigenvalue weighted by atomic mass is 35.5. The van der Waals surface area contributed by atoms with Gasteiger partial charge in [-0.15, -0.1) is 10.2 Å². The zero-order chi connectivity index (χ0) is 31.1. The molecule has 226 valence electrons. The number of nitrogens with zero attached hydrogens (tertiary/aromatic N) is 6. The number of hydrogen-bond acceptors (Lipinski definition) is 11. The van der Waals surface area contributed by atoms with Gasteiger partial charge >= 0.3 is 6.09 Å². The van der Waals surface area contributed by atoms with E-state index in [1.54, 1.807) is 63.1 Å². The zero-order valence-corrected chi connectivity index (χ0v) is 25.3. The first-order chi connectivity index (χ1) is 20.5. The summed E-state index contributed by atoms with van der Waals surface area (Å²) in [4.78, 5) is 33.4. The first kappa shape index (κ1) is 31.1. The van der Waals surface area contributed by atoms with Crippen LogP contribution >= 0.6 is 11.6 Å². The van der Waals surface area contributed by atoms with E-state index in [-0.39, 0.29) is 24.1 Å². The molecule has 4 aromatic rings. The molecule has 0 fully saturated rings. The molecule has 43 heavy (non-hydrogen) atoms. The minimum absolute atomic E-state index is 0.0408. The third-order valence-electron chi connectivity index (χ3n) is 5.62. The van der Waals surface area contributed by atoms with Crippen molar-refractivity contribution in [3.05, 3.63) is 64.8 Å². The van der Waals surface area contributed by atoms with E-state index in [4.69, 9.17) is 25.8 Å². The van der Waals surface area contributed by atoms with E-state index in [0.717, 1.165) is 5.56 Å². The van der Waals surface area contributed by atoms with Crippen molar-refractivity contribution in [3.8, 4) is 17.1 Å². The van der Waals surface area contributed by atoms with Crippen LogP contribution in [0.2, 0.25) is 5.15 Å². The number of ether oxygens (including phenoxy) is 3. The van der Waals surface area contributed by atoms with Crippen LogP contribution in [-0.4, -0.2) is 61.7 Å². The number of carbonyl (C=O) groups is 2. The number of benzene rings is 1. The molecule has 0 radical (unpaired) electrons. The average Bonchev–Trinajstić information content (AvgIpc) is 3.37. The molecule has 0 aliphatic rings. The predicted octanol–water partition coefficient (Wildman–Crippen LogP) is 4.50. The Labute approximate surface area is 253 Å². The third-order valence-corrected chi connectivity index (χ3v) is 5.81. The fraction of sp³-hybridized carbons (Fsp3) is 0.321. The number of rotatable bonds is 10. The molecule has 3 heterocycles. The van der Waals surface area contributed by atoms with Crippen molar-refractivity contribution >= 4 is 40.8 Å². The molecule has 0 spiro atoms. The first-order valence-electron chi connectivity index (χ1n) is 13.1. The van der Waals surface area contributed by atoms with Crippen molar-refractivity contribution in [2.24, 2.45) is 7.05 Å². The molecule has 3 N–H and O–H groups in total. The molecule has 0 aliphatic carbocycles. The molecule has 4 rings (SSSR count). The van der Waals surface area contributed by atoms with Gasteiger partial charge < -0.3 is 24.8 Å². The summed E-state index contributed by atoms with van der Waals surface area (Å²) in [7, 11) is 4.77. The Morgan fingerprint density at radius 1 is 1.07 bits per heavy atom. The van der Waals surface area contributed by atoms with Crippen molar-refractivity contribution < 1.29 is 23.8 Å². The van der Waals surface area contributed by atoms with Gasteiger partial charge in [-0.2, -0.15) is 5.10 Å². The summed E-state index contributed by atoms with van der Waals surface area (Å²) >= 11 is 6.10.